The Kier molecular flexibility index (Phi) is 3.21. The zero-order chi connectivity index (χ0) is 11.6. The molecule has 3 nitrogen and oxygen atoms in total. The number of carbonyl (C=O) groups is 1. The number of carboxylic acids is 1. The smallest absolute Gasteiger partial charge is 0.324 e. The maximum absolute atomic E-state index is 11.1. The van der Waals surface area contributed by atoms with Crippen LogP contribution in [0.1, 0.15) is 12.5 Å². The lowest BCUT2D eigenvalue weighted by Gasteiger charge is -2.36. The van der Waals surface area contributed by atoms with Gasteiger partial charge in [0.2, 0.25) is 0 Å². The lowest BCUT2D eigenvalue weighted by molar-refractivity contribution is -0.151. The predicted molar refractivity (Wildman–Crippen MR) is 62.9 cm³/mol. The normalized spacial score (nSPS) is 17.8. The zero-order valence-corrected chi connectivity index (χ0v) is 9.92. The van der Waals surface area contributed by atoms with Crippen LogP contribution in [-0.4, -0.2) is 29.0 Å². The van der Waals surface area contributed by atoms with E-state index in [9.17, 15) is 4.79 Å². The predicted octanol–water partition coefficient (Wildman–Crippen LogP) is 2.19. The Balaban J connectivity index is 2.10. The second-order valence-corrected chi connectivity index (χ2v) is 5.35. The van der Waals surface area contributed by atoms with Gasteiger partial charge in [0.15, 0.2) is 4.75 Å². The molecule has 2 rings (SSSR count). The number of aryl methyl sites for hydroxylation is 1. The first-order valence-corrected chi connectivity index (χ1v) is 6.07. The Morgan fingerprint density at radius 2 is 2.06 bits per heavy atom. The van der Waals surface area contributed by atoms with Crippen molar-refractivity contribution in [3.63, 3.8) is 0 Å². The van der Waals surface area contributed by atoms with Crippen LogP contribution in [0, 0.1) is 0 Å². The molecule has 0 spiro atoms. The van der Waals surface area contributed by atoms with Crippen LogP contribution in [0.5, 0.6) is 0 Å². The highest BCUT2D eigenvalue weighted by molar-refractivity contribution is 8.01. The summed E-state index contributed by atoms with van der Waals surface area (Å²) in [6, 6.07) is 8.04. The molecule has 1 fully saturated rings. The van der Waals surface area contributed by atoms with Gasteiger partial charge in [-0.3, -0.25) is 4.79 Å². The van der Waals surface area contributed by atoms with E-state index in [4.69, 9.17) is 9.84 Å². The molecular formula is C12H14O3S. The van der Waals surface area contributed by atoms with Crippen LogP contribution < -0.4 is 0 Å². The number of rotatable bonds is 4. The molecule has 4 heteroatoms. The first kappa shape index (κ1) is 11.5. The van der Waals surface area contributed by atoms with Crippen LogP contribution in [0.25, 0.3) is 0 Å². The molecule has 0 aliphatic carbocycles. The number of thioether (sulfide) groups is 1. The van der Waals surface area contributed by atoms with E-state index in [0.29, 0.717) is 13.2 Å². The highest BCUT2D eigenvalue weighted by atomic mass is 32.2. The van der Waals surface area contributed by atoms with Gasteiger partial charge in [0.25, 0.3) is 0 Å². The summed E-state index contributed by atoms with van der Waals surface area (Å²) in [4.78, 5) is 12.1. The van der Waals surface area contributed by atoms with Crippen molar-refractivity contribution < 1.29 is 14.6 Å². The fraction of sp³-hybridized carbons (Fsp3) is 0.417. The van der Waals surface area contributed by atoms with Gasteiger partial charge in [0.05, 0.1) is 13.2 Å². The average Bonchev–Trinajstić information content (AvgIpc) is 2.24. The third-order valence-electron chi connectivity index (χ3n) is 2.71. The van der Waals surface area contributed by atoms with Crippen molar-refractivity contribution in [3.05, 3.63) is 29.8 Å². The highest BCUT2D eigenvalue weighted by Crippen LogP contribution is 2.39. The van der Waals surface area contributed by atoms with Gasteiger partial charge in [-0.25, -0.2) is 0 Å². The molecule has 0 aromatic heterocycles. The maximum Gasteiger partial charge on any atom is 0.324 e. The molecule has 0 saturated carbocycles. The standard InChI is InChI=1S/C12H14O3S/c1-2-9-3-5-10(6-4-9)16-12(11(13)14)7-15-8-12/h3-6H,2,7-8H2,1H3,(H,13,14). The minimum atomic E-state index is -0.789. The summed E-state index contributed by atoms with van der Waals surface area (Å²) in [5, 5.41) is 9.15. The van der Waals surface area contributed by atoms with E-state index in [2.05, 4.69) is 6.92 Å². The van der Waals surface area contributed by atoms with Crippen molar-refractivity contribution in [2.45, 2.75) is 23.0 Å². The molecule has 1 heterocycles. The maximum atomic E-state index is 11.1. The third-order valence-corrected chi connectivity index (χ3v) is 4.01. The van der Waals surface area contributed by atoms with Gasteiger partial charge < -0.3 is 9.84 Å². The number of ether oxygens (including phenoxy) is 1. The Hall–Kier alpha value is -1.00. The highest BCUT2D eigenvalue weighted by Gasteiger charge is 2.47. The molecule has 0 unspecified atom stereocenters. The van der Waals surface area contributed by atoms with Gasteiger partial charge in [0.1, 0.15) is 0 Å². The molecule has 0 amide bonds. The summed E-state index contributed by atoms with van der Waals surface area (Å²) in [7, 11) is 0. The van der Waals surface area contributed by atoms with E-state index in [1.165, 1.54) is 17.3 Å². The van der Waals surface area contributed by atoms with Crippen molar-refractivity contribution >= 4 is 17.7 Å². The number of carboxylic acid groups (broad SMARTS) is 1. The number of hydrogen-bond acceptors (Lipinski definition) is 3. The van der Waals surface area contributed by atoms with Crippen LogP contribution in [-0.2, 0) is 16.0 Å². The Labute approximate surface area is 98.8 Å². The molecule has 1 saturated heterocycles. The van der Waals surface area contributed by atoms with E-state index in [0.717, 1.165) is 11.3 Å². The van der Waals surface area contributed by atoms with Crippen LogP contribution >= 0.6 is 11.8 Å². The van der Waals surface area contributed by atoms with Gasteiger partial charge in [0, 0.05) is 4.90 Å². The quantitative estimate of drug-likeness (QED) is 0.873. The summed E-state index contributed by atoms with van der Waals surface area (Å²) in [5.41, 5.74) is 1.26. The third kappa shape index (κ3) is 2.08. The van der Waals surface area contributed by atoms with E-state index in [-0.39, 0.29) is 0 Å². The fourth-order valence-corrected chi connectivity index (χ4v) is 2.63. The molecule has 1 aliphatic heterocycles. The van der Waals surface area contributed by atoms with Gasteiger partial charge >= 0.3 is 5.97 Å². The van der Waals surface area contributed by atoms with Crippen LogP contribution in [0.4, 0.5) is 0 Å². The molecule has 1 aromatic carbocycles. The van der Waals surface area contributed by atoms with E-state index < -0.39 is 10.7 Å². The van der Waals surface area contributed by atoms with Crippen LogP contribution in [0.15, 0.2) is 29.2 Å². The summed E-state index contributed by atoms with van der Waals surface area (Å²) in [5.74, 6) is -0.789. The molecule has 1 aromatic rings. The molecule has 86 valence electrons. The van der Waals surface area contributed by atoms with Gasteiger partial charge in [-0.05, 0) is 24.1 Å². The Morgan fingerprint density at radius 3 is 2.44 bits per heavy atom. The van der Waals surface area contributed by atoms with Crippen molar-refractivity contribution in [1.29, 1.82) is 0 Å². The largest absolute Gasteiger partial charge is 0.480 e. The first-order chi connectivity index (χ1) is 7.66. The van der Waals surface area contributed by atoms with Crippen molar-refractivity contribution in [1.82, 2.24) is 0 Å². The molecule has 0 bridgehead atoms. The number of benzene rings is 1. The summed E-state index contributed by atoms with van der Waals surface area (Å²) in [6.45, 7) is 2.69. The first-order valence-electron chi connectivity index (χ1n) is 5.25. The van der Waals surface area contributed by atoms with Crippen molar-refractivity contribution in [2.24, 2.45) is 0 Å². The van der Waals surface area contributed by atoms with Crippen molar-refractivity contribution in [2.75, 3.05) is 13.2 Å². The molecule has 16 heavy (non-hydrogen) atoms. The Bertz CT molecular complexity index is 382. The zero-order valence-electron chi connectivity index (χ0n) is 9.10. The van der Waals surface area contributed by atoms with Crippen LogP contribution in [0.2, 0.25) is 0 Å². The number of aliphatic carboxylic acids is 1. The minimum absolute atomic E-state index is 0.294. The van der Waals surface area contributed by atoms with Gasteiger partial charge in [-0.2, -0.15) is 0 Å². The topological polar surface area (TPSA) is 46.5 Å². The molecule has 1 aliphatic rings. The van der Waals surface area contributed by atoms with Gasteiger partial charge in [-0.1, -0.05) is 19.1 Å². The molecule has 1 N–H and O–H groups in total. The minimum Gasteiger partial charge on any atom is -0.480 e. The SMILES string of the molecule is CCc1ccc(SC2(C(=O)O)COC2)cc1. The van der Waals surface area contributed by atoms with E-state index in [1.54, 1.807) is 0 Å². The van der Waals surface area contributed by atoms with Crippen molar-refractivity contribution in [3.8, 4) is 0 Å². The fourth-order valence-electron chi connectivity index (χ4n) is 1.53. The lowest BCUT2D eigenvalue weighted by Crippen LogP contribution is -2.53. The average molecular weight is 238 g/mol. The second-order valence-electron chi connectivity index (χ2n) is 3.89. The summed E-state index contributed by atoms with van der Waals surface area (Å²) >= 11 is 1.38. The second kappa shape index (κ2) is 4.47. The van der Waals surface area contributed by atoms with Gasteiger partial charge in [-0.15, -0.1) is 11.8 Å². The Morgan fingerprint density at radius 1 is 1.44 bits per heavy atom. The van der Waals surface area contributed by atoms with E-state index >= 15 is 0 Å². The van der Waals surface area contributed by atoms with Crippen LogP contribution in [0.3, 0.4) is 0 Å². The van der Waals surface area contributed by atoms with E-state index in [1.807, 2.05) is 24.3 Å². The molecule has 0 radical (unpaired) electrons. The number of hydrogen-bond donors (Lipinski definition) is 1. The monoisotopic (exact) mass is 238 g/mol. The summed E-state index contributed by atoms with van der Waals surface area (Å²) in [6.07, 6.45) is 0.998. The molecule has 0 atom stereocenters. The lowest BCUT2D eigenvalue weighted by atomic mass is 10.1. The molecular weight excluding hydrogens is 224 g/mol. The summed E-state index contributed by atoms with van der Waals surface area (Å²) < 4.78 is 4.24.